The van der Waals surface area contributed by atoms with Crippen LogP contribution in [-0.2, 0) is 4.74 Å². The van der Waals surface area contributed by atoms with Gasteiger partial charge >= 0.3 is 6.09 Å². The molecule has 0 aromatic heterocycles. The van der Waals surface area contributed by atoms with E-state index in [0.717, 1.165) is 0 Å². The molecule has 3 nitrogen and oxygen atoms in total. The number of amides is 1. The van der Waals surface area contributed by atoms with Crippen LogP contribution in [0.25, 0.3) is 0 Å². The van der Waals surface area contributed by atoms with E-state index >= 15 is 0 Å². The lowest BCUT2D eigenvalue weighted by Crippen LogP contribution is -2.35. The van der Waals surface area contributed by atoms with Gasteiger partial charge in [0.1, 0.15) is 5.60 Å². The molecule has 0 heterocycles. The highest BCUT2D eigenvalue weighted by molar-refractivity contribution is 5.67. The van der Waals surface area contributed by atoms with Crippen molar-refractivity contribution < 1.29 is 18.3 Å². The molecule has 1 amide bonds. The number of carbonyl (C=O) groups is 1. The van der Waals surface area contributed by atoms with Crippen molar-refractivity contribution in [2.45, 2.75) is 26.4 Å². The van der Waals surface area contributed by atoms with Crippen molar-refractivity contribution in [3.05, 3.63) is 0 Å². The van der Waals surface area contributed by atoms with Crippen LogP contribution < -0.4 is 0 Å². The maximum atomic E-state index is 11.9. The highest BCUT2D eigenvalue weighted by Crippen LogP contribution is 2.09. The molecule has 72 valence electrons. The molecule has 0 radical (unpaired) electrons. The van der Waals surface area contributed by atoms with Gasteiger partial charge < -0.3 is 4.74 Å². The summed E-state index contributed by atoms with van der Waals surface area (Å²) in [6, 6.07) is 0. The van der Waals surface area contributed by atoms with E-state index in [1.165, 1.54) is 0 Å². The molecule has 0 spiro atoms. The third-order valence-electron chi connectivity index (χ3n) is 0.940. The molecule has 0 aliphatic heterocycles. The van der Waals surface area contributed by atoms with Gasteiger partial charge in [0.2, 0.25) is 0 Å². The van der Waals surface area contributed by atoms with E-state index in [4.69, 9.17) is 0 Å². The lowest BCUT2D eigenvalue weighted by atomic mass is 10.2. The number of halogens is 2. The van der Waals surface area contributed by atoms with Gasteiger partial charge in [-0.05, 0) is 20.8 Å². The van der Waals surface area contributed by atoms with Gasteiger partial charge in [-0.2, -0.15) is 0 Å². The Morgan fingerprint density at radius 3 is 2.00 bits per heavy atom. The minimum atomic E-state index is -1.18. The average Bonchev–Trinajstić information content (AvgIpc) is 1.85. The van der Waals surface area contributed by atoms with Crippen LogP contribution in [0.3, 0.4) is 0 Å². The Labute approximate surface area is 70.3 Å². The summed E-state index contributed by atoms with van der Waals surface area (Å²) in [6.45, 7) is 2.52. The molecule has 5 heteroatoms. The topological polar surface area (TPSA) is 29.5 Å². The first-order valence-corrected chi connectivity index (χ1v) is 3.50. The Bertz CT molecular complexity index is 152. The summed E-state index contributed by atoms with van der Waals surface area (Å²) < 4.78 is 28.4. The molecule has 0 aliphatic carbocycles. The fourth-order valence-corrected chi connectivity index (χ4v) is 0.456. The molecular formula is C7H13F2NO2. The maximum absolute atomic E-state index is 11.9. The van der Waals surface area contributed by atoms with Crippen molar-refractivity contribution in [2.24, 2.45) is 0 Å². The van der Waals surface area contributed by atoms with Crippen molar-refractivity contribution in [3.63, 3.8) is 0 Å². The normalized spacial score (nSPS) is 11.1. The van der Waals surface area contributed by atoms with Gasteiger partial charge in [-0.1, -0.05) is 0 Å². The van der Waals surface area contributed by atoms with Gasteiger partial charge in [0.05, 0.1) is 0 Å². The molecule has 0 saturated heterocycles. The lowest BCUT2D eigenvalue weighted by molar-refractivity contribution is 0.00737. The predicted molar refractivity (Wildman–Crippen MR) is 40.0 cm³/mol. The first-order chi connectivity index (χ1) is 5.40. The van der Waals surface area contributed by atoms with Crippen LogP contribution in [-0.4, -0.2) is 30.2 Å². The van der Waals surface area contributed by atoms with E-state index in [1.54, 1.807) is 20.8 Å². The van der Waals surface area contributed by atoms with Crippen molar-refractivity contribution in [1.29, 1.82) is 0 Å². The van der Waals surface area contributed by atoms with E-state index in [-0.39, 0.29) is 0 Å². The van der Waals surface area contributed by atoms with Gasteiger partial charge in [-0.25, -0.2) is 13.6 Å². The zero-order chi connectivity index (χ0) is 9.78. The van der Waals surface area contributed by atoms with Crippen molar-refractivity contribution in [2.75, 3.05) is 13.6 Å². The highest BCUT2D eigenvalue weighted by Gasteiger charge is 2.21. The Kier molecular flexibility index (Phi) is 3.92. The first-order valence-electron chi connectivity index (χ1n) is 3.50. The largest absolute Gasteiger partial charge is 0.444 e. The summed E-state index contributed by atoms with van der Waals surface area (Å²) in [4.78, 5) is 11.2. The Hall–Kier alpha value is -0.870. The molecule has 0 aromatic rings. The van der Waals surface area contributed by atoms with E-state index in [0.29, 0.717) is 4.90 Å². The molecule has 0 bridgehead atoms. The highest BCUT2D eigenvalue weighted by atomic mass is 19.1. The second-order valence-electron chi connectivity index (χ2n) is 3.26. The van der Waals surface area contributed by atoms with Gasteiger partial charge in [0.25, 0.3) is 0 Å². The van der Waals surface area contributed by atoms with Crippen LogP contribution in [0.5, 0.6) is 0 Å². The van der Waals surface area contributed by atoms with Crippen molar-refractivity contribution in [1.82, 2.24) is 4.90 Å². The summed E-state index contributed by atoms with van der Waals surface area (Å²) in [7, 11) is 0. The Balaban J connectivity index is 4.02. The van der Waals surface area contributed by atoms with Gasteiger partial charge in [-0.3, -0.25) is 4.90 Å². The molecule has 12 heavy (non-hydrogen) atoms. The number of rotatable bonds is 2. The van der Waals surface area contributed by atoms with Crippen LogP contribution in [0.2, 0.25) is 0 Å². The zero-order valence-corrected chi connectivity index (χ0v) is 7.43. The number of nitrogens with zero attached hydrogens (tertiary/aromatic N) is 1. The maximum Gasteiger partial charge on any atom is 0.414 e. The predicted octanol–water partition coefficient (Wildman–Crippen LogP) is 2.08. The van der Waals surface area contributed by atoms with E-state index in [1.807, 2.05) is 0 Å². The minimum absolute atomic E-state index is 0.325. The number of hydrogen-bond donors (Lipinski definition) is 0. The number of hydrogen-bond acceptors (Lipinski definition) is 2. The molecule has 0 aromatic carbocycles. The molecule has 0 atom stereocenters. The summed E-state index contributed by atoms with van der Waals surface area (Å²) in [5.41, 5.74) is -0.723. The number of carbonyl (C=O) groups excluding carboxylic acids is 1. The second-order valence-corrected chi connectivity index (χ2v) is 3.26. The third-order valence-corrected chi connectivity index (χ3v) is 0.940. The monoisotopic (exact) mass is 181 g/mol. The van der Waals surface area contributed by atoms with Gasteiger partial charge in [0, 0.05) is 0 Å². The van der Waals surface area contributed by atoms with Crippen LogP contribution in [0, 0.1) is 0 Å². The summed E-state index contributed by atoms with van der Waals surface area (Å²) in [6.07, 6.45) is -0.979. The van der Waals surface area contributed by atoms with Crippen LogP contribution in [0.15, 0.2) is 0 Å². The van der Waals surface area contributed by atoms with E-state index in [2.05, 4.69) is 4.74 Å². The summed E-state index contributed by atoms with van der Waals surface area (Å²) in [5.74, 6) is 0. The third kappa shape index (κ3) is 4.10. The average molecular weight is 181 g/mol. The van der Waals surface area contributed by atoms with Crippen molar-refractivity contribution in [3.8, 4) is 0 Å². The van der Waals surface area contributed by atoms with Crippen molar-refractivity contribution >= 4 is 6.09 Å². The molecule has 0 saturated carbocycles. The Morgan fingerprint density at radius 2 is 1.75 bits per heavy atom. The van der Waals surface area contributed by atoms with Gasteiger partial charge in [-0.15, -0.1) is 0 Å². The fraction of sp³-hybridized carbons (Fsp3) is 0.857. The van der Waals surface area contributed by atoms with Crippen LogP contribution in [0.1, 0.15) is 20.8 Å². The zero-order valence-electron chi connectivity index (χ0n) is 7.43. The molecular weight excluding hydrogens is 168 g/mol. The first kappa shape index (κ1) is 11.1. The van der Waals surface area contributed by atoms with Gasteiger partial charge in [0.15, 0.2) is 13.6 Å². The standard InChI is InChI=1S/C7H13F2NO2/c1-7(2,3)12-6(11)10(4-8)5-9/h4-5H2,1-3H3. The summed E-state index contributed by atoms with van der Waals surface area (Å²) >= 11 is 0. The quantitative estimate of drug-likeness (QED) is 0.610. The molecule has 0 N–H and O–H groups in total. The number of ether oxygens (including phenoxy) is 1. The second kappa shape index (κ2) is 4.23. The van der Waals surface area contributed by atoms with Crippen LogP contribution in [0.4, 0.5) is 13.6 Å². The SMILES string of the molecule is CC(C)(C)OC(=O)N(CF)CF. The van der Waals surface area contributed by atoms with Crippen LogP contribution >= 0.6 is 0 Å². The number of alkyl halides is 2. The van der Waals surface area contributed by atoms with E-state index in [9.17, 15) is 13.6 Å². The minimum Gasteiger partial charge on any atom is -0.444 e. The summed E-state index contributed by atoms with van der Waals surface area (Å²) in [5, 5.41) is 0. The Morgan fingerprint density at radius 1 is 1.33 bits per heavy atom. The molecule has 0 aliphatic rings. The smallest absolute Gasteiger partial charge is 0.414 e. The molecule has 0 unspecified atom stereocenters. The van der Waals surface area contributed by atoms with E-state index < -0.39 is 25.3 Å². The fourth-order valence-electron chi connectivity index (χ4n) is 0.456. The molecule has 0 rings (SSSR count). The lowest BCUT2D eigenvalue weighted by Gasteiger charge is -2.23. The molecule has 0 fully saturated rings.